The smallest absolute Gasteiger partial charge is 0.170 e. The van der Waals surface area contributed by atoms with Gasteiger partial charge in [0.1, 0.15) is 0 Å². The minimum absolute atomic E-state index is 0. The number of hydrogen-bond acceptors (Lipinski definition) is 2. The van der Waals surface area contributed by atoms with Crippen LogP contribution in [-0.4, -0.2) is 49.3 Å². The molecule has 0 amide bonds. The minimum atomic E-state index is -0.139. The summed E-state index contributed by atoms with van der Waals surface area (Å²) in [4.78, 5) is 23.6. The van der Waals surface area contributed by atoms with E-state index in [2.05, 4.69) is 0 Å². The molecule has 0 saturated heterocycles. The molecule has 0 aliphatic rings. The van der Waals surface area contributed by atoms with Gasteiger partial charge in [0, 0.05) is 48.9 Å². The number of carbonyl (C=O) groups excluding carboxylic acids is 2. The van der Waals surface area contributed by atoms with Crippen molar-refractivity contribution in [1.29, 1.82) is 0 Å². The molecule has 2 aromatic carbocycles. The van der Waals surface area contributed by atoms with Crippen molar-refractivity contribution in [3.63, 3.8) is 0 Å². The third-order valence-electron chi connectivity index (χ3n) is 2.51. The zero-order chi connectivity index (χ0) is 12.1. The summed E-state index contributed by atoms with van der Waals surface area (Å²) < 4.78 is 0. The molecule has 0 heterocycles. The van der Waals surface area contributed by atoms with Gasteiger partial charge in [-0.2, -0.15) is 0 Å². The SMILES string of the molecule is O=C(CC(=O)c1ccccc1)c1ccccc1.[Ca]. The molecule has 2 rings (SSSR count). The molecule has 18 heavy (non-hydrogen) atoms. The van der Waals surface area contributed by atoms with E-state index in [-0.39, 0.29) is 55.7 Å². The topological polar surface area (TPSA) is 34.1 Å². The third-order valence-corrected chi connectivity index (χ3v) is 2.51. The molecule has 0 unspecified atom stereocenters. The minimum Gasteiger partial charge on any atom is -0.294 e. The molecule has 0 saturated carbocycles. The summed E-state index contributed by atoms with van der Waals surface area (Å²) >= 11 is 0. The summed E-state index contributed by atoms with van der Waals surface area (Å²) in [6.07, 6.45) is -0.0754. The Morgan fingerprint density at radius 1 is 0.667 bits per heavy atom. The van der Waals surface area contributed by atoms with E-state index in [1.165, 1.54) is 0 Å². The van der Waals surface area contributed by atoms with Crippen molar-refractivity contribution in [2.24, 2.45) is 0 Å². The van der Waals surface area contributed by atoms with Gasteiger partial charge in [-0.25, -0.2) is 0 Å². The standard InChI is InChI=1S/C15H12O2.Ca/c16-14(12-7-3-1-4-8-12)11-15(17)13-9-5-2-6-10-13;/h1-10H,11H2;. The number of carbonyl (C=O) groups is 2. The van der Waals surface area contributed by atoms with Crippen LogP contribution in [0.15, 0.2) is 60.7 Å². The summed E-state index contributed by atoms with van der Waals surface area (Å²) in [5, 5.41) is 0. The summed E-state index contributed by atoms with van der Waals surface area (Å²) in [6, 6.07) is 17.7. The van der Waals surface area contributed by atoms with Crippen molar-refractivity contribution in [3.05, 3.63) is 71.8 Å². The van der Waals surface area contributed by atoms with Crippen molar-refractivity contribution in [1.82, 2.24) is 0 Å². The van der Waals surface area contributed by atoms with E-state index in [1.54, 1.807) is 48.5 Å². The van der Waals surface area contributed by atoms with Gasteiger partial charge in [0.15, 0.2) is 11.6 Å². The van der Waals surface area contributed by atoms with E-state index in [4.69, 9.17) is 0 Å². The van der Waals surface area contributed by atoms with Crippen LogP contribution in [0.2, 0.25) is 0 Å². The number of benzene rings is 2. The van der Waals surface area contributed by atoms with Crippen LogP contribution >= 0.6 is 0 Å². The number of ketones is 2. The Morgan fingerprint density at radius 3 is 1.33 bits per heavy atom. The van der Waals surface area contributed by atoms with Crippen LogP contribution in [0.25, 0.3) is 0 Å². The normalized spacial score (nSPS) is 9.33. The molecule has 3 heteroatoms. The molecule has 0 aromatic heterocycles. The average Bonchev–Trinajstić information content (AvgIpc) is 2.40. The maximum atomic E-state index is 11.8. The average molecular weight is 264 g/mol. The molecule has 2 radical (unpaired) electrons. The van der Waals surface area contributed by atoms with Crippen LogP contribution in [0, 0.1) is 0 Å². The fraction of sp³-hybridized carbons (Fsp3) is 0.0667. The Balaban J connectivity index is 0.00000162. The van der Waals surface area contributed by atoms with Gasteiger partial charge in [-0.05, 0) is 0 Å². The Hall–Kier alpha value is -0.960. The molecular weight excluding hydrogens is 252 g/mol. The maximum absolute atomic E-state index is 11.8. The second-order valence-corrected chi connectivity index (χ2v) is 3.76. The van der Waals surface area contributed by atoms with Gasteiger partial charge >= 0.3 is 0 Å². The summed E-state index contributed by atoms with van der Waals surface area (Å²) in [5.74, 6) is -0.279. The first kappa shape index (κ1) is 15.1. The van der Waals surface area contributed by atoms with E-state index in [1.807, 2.05) is 12.1 Å². The molecule has 0 fully saturated rings. The Morgan fingerprint density at radius 2 is 1.00 bits per heavy atom. The first-order chi connectivity index (χ1) is 8.27. The largest absolute Gasteiger partial charge is 0.294 e. The van der Waals surface area contributed by atoms with Crippen LogP contribution in [0.1, 0.15) is 27.1 Å². The van der Waals surface area contributed by atoms with Crippen LogP contribution in [0.4, 0.5) is 0 Å². The molecule has 86 valence electrons. The second kappa shape index (κ2) is 7.47. The van der Waals surface area contributed by atoms with Crippen molar-refractivity contribution in [2.45, 2.75) is 6.42 Å². The van der Waals surface area contributed by atoms with Gasteiger partial charge in [0.25, 0.3) is 0 Å². The zero-order valence-corrected chi connectivity index (χ0v) is 12.2. The van der Waals surface area contributed by atoms with Gasteiger partial charge in [-0.1, -0.05) is 60.7 Å². The molecule has 2 nitrogen and oxygen atoms in total. The molecular formula is C15H12CaO2. The van der Waals surface area contributed by atoms with Gasteiger partial charge < -0.3 is 0 Å². The number of hydrogen-bond donors (Lipinski definition) is 0. The van der Waals surface area contributed by atoms with Gasteiger partial charge in [0.05, 0.1) is 6.42 Å². The van der Waals surface area contributed by atoms with Crippen LogP contribution in [0.3, 0.4) is 0 Å². The second-order valence-electron chi connectivity index (χ2n) is 3.76. The molecule has 2 aromatic rings. The molecule has 0 bridgehead atoms. The van der Waals surface area contributed by atoms with Gasteiger partial charge in [-0.15, -0.1) is 0 Å². The Labute approximate surface area is 136 Å². The van der Waals surface area contributed by atoms with Crippen LogP contribution < -0.4 is 0 Å². The van der Waals surface area contributed by atoms with Gasteiger partial charge in [-0.3, -0.25) is 9.59 Å². The summed E-state index contributed by atoms with van der Waals surface area (Å²) in [5.41, 5.74) is 1.16. The fourth-order valence-corrected chi connectivity index (χ4v) is 1.60. The van der Waals surface area contributed by atoms with E-state index in [0.29, 0.717) is 11.1 Å². The predicted octanol–water partition coefficient (Wildman–Crippen LogP) is 2.76. The van der Waals surface area contributed by atoms with Crippen LogP contribution in [0.5, 0.6) is 0 Å². The van der Waals surface area contributed by atoms with E-state index >= 15 is 0 Å². The van der Waals surface area contributed by atoms with E-state index in [9.17, 15) is 9.59 Å². The molecule has 0 N–H and O–H groups in total. The first-order valence-corrected chi connectivity index (χ1v) is 5.44. The van der Waals surface area contributed by atoms with Crippen molar-refractivity contribution in [3.8, 4) is 0 Å². The number of rotatable bonds is 4. The number of Topliss-reactive ketones (excluding diaryl/α,β-unsaturated/α-hetero) is 2. The predicted molar refractivity (Wildman–Crippen MR) is 71.9 cm³/mol. The van der Waals surface area contributed by atoms with Crippen molar-refractivity contribution in [2.75, 3.05) is 0 Å². The van der Waals surface area contributed by atoms with Crippen molar-refractivity contribution >= 4 is 49.3 Å². The van der Waals surface area contributed by atoms with Crippen LogP contribution in [-0.2, 0) is 0 Å². The fourth-order valence-electron chi connectivity index (χ4n) is 1.60. The summed E-state index contributed by atoms with van der Waals surface area (Å²) in [6.45, 7) is 0. The summed E-state index contributed by atoms with van der Waals surface area (Å²) in [7, 11) is 0. The first-order valence-electron chi connectivity index (χ1n) is 5.44. The third kappa shape index (κ3) is 4.05. The van der Waals surface area contributed by atoms with Gasteiger partial charge in [0.2, 0.25) is 0 Å². The zero-order valence-electron chi connectivity index (χ0n) is 10.0. The monoisotopic (exact) mass is 264 g/mol. The molecule has 0 aliphatic heterocycles. The van der Waals surface area contributed by atoms with E-state index in [0.717, 1.165) is 0 Å². The quantitative estimate of drug-likeness (QED) is 0.483. The molecule has 0 aliphatic carbocycles. The van der Waals surface area contributed by atoms with E-state index < -0.39 is 0 Å². The van der Waals surface area contributed by atoms with Crippen molar-refractivity contribution < 1.29 is 9.59 Å². The Bertz CT molecular complexity index is 471. The molecule has 0 spiro atoms. The molecule has 0 atom stereocenters. The maximum Gasteiger partial charge on any atom is 0.170 e. The Kier molecular flexibility index (Phi) is 6.27.